The number of nitrogens with zero attached hydrogens (tertiary/aromatic N) is 10. The molecule has 0 unspecified atom stereocenters. The lowest BCUT2D eigenvalue weighted by Gasteiger charge is -2.23. The smallest absolute Gasteiger partial charge is 0.408 e. The summed E-state index contributed by atoms with van der Waals surface area (Å²) in [5.41, 5.74) is 0.493. The predicted molar refractivity (Wildman–Crippen MR) is 294 cm³/mol. The average molecular weight is 1130 g/mol. The van der Waals surface area contributed by atoms with Gasteiger partial charge in [-0.3, -0.25) is 38.4 Å². The Kier molecular flexibility index (Phi) is 17.6. The molecule has 0 aliphatic heterocycles. The highest BCUT2D eigenvalue weighted by Crippen LogP contribution is 2.21. The van der Waals surface area contributed by atoms with E-state index in [1.807, 2.05) is 0 Å². The van der Waals surface area contributed by atoms with Crippen LogP contribution in [0.25, 0.3) is 0 Å². The third-order valence-electron chi connectivity index (χ3n) is 12.0. The van der Waals surface area contributed by atoms with E-state index < -0.39 is 71.0 Å². The highest BCUT2D eigenvalue weighted by atomic mass is 16.6. The molecule has 0 radical (unpaired) electrons. The fourth-order valence-electron chi connectivity index (χ4n) is 8.17. The summed E-state index contributed by atoms with van der Waals surface area (Å²) in [6.07, 6.45) is 10.6. The minimum absolute atomic E-state index is 0.00121. The maximum absolute atomic E-state index is 13.8. The number of anilines is 6. The van der Waals surface area contributed by atoms with Gasteiger partial charge in [-0.1, -0.05) is 0 Å². The molecule has 7 heterocycles. The molecular weight excluding hydrogens is 1070 g/mol. The van der Waals surface area contributed by atoms with Gasteiger partial charge in [0.2, 0.25) is 23.5 Å². The first-order valence-electron chi connectivity index (χ1n) is 25.0. The zero-order valence-corrected chi connectivity index (χ0v) is 46.2. The van der Waals surface area contributed by atoms with Gasteiger partial charge in [0, 0.05) is 118 Å². The van der Waals surface area contributed by atoms with Gasteiger partial charge in [0.15, 0.2) is 17.5 Å². The lowest BCUT2D eigenvalue weighted by molar-refractivity contribution is -0.118. The number of amides is 9. The molecule has 432 valence electrons. The molecule has 0 aromatic carbocycles. The monoisotopic (exact) mass is 1130 g/mol. The summed E-state index contributed by atoms with van der Waals surface area (Å²) in [6.45, 7) is 4.69. The zero-order valence-electron chi connectivity index (χ0n) is 46.2. The van der Waals surface area contributed by atoms with E-state index in [9.17, 15) is 53.1 Å². The lowest BCUT2D eigenvalue weighted by Crippen LogP contribution is -2.47. The van der Waals surface area contributed by atoms with Crippen molar-refractivity contribution in [3.8, 4) is 0 Å². The molecule has 0 fully saturated rings. The van der Waals surface area contributed by atoms with Crippen LogP contribution in [0.1, 0.15) is 107 Å². The van der Waals surface area contributed by atoms with E-state index >= 15 is 0 Å². The van der Waals surface area contributed by atoms with E-state index in [1.54, 1.807) is 65.9 Å². The summed E-state index contributed by atoms with van der Waals surface area (Å²) in [6, 6.07) is 4.29. The van der Waals surface area contributed by atoms with Crippen LogP contribution in [0.2, 0.25) is 0 Å². The highest BCUT2D eigenvalue weighted by molar-refractivity contribution is 6.08. The van der Waals surface area contributed by atoms with Crippen molar-refractivity contribution in [1.29, 1.82) is 0 Å². The molecule has 7 aromatic heterocycles. The Morgan fingerprint density at radius 1 is 0.512 bits per heavy atom. The average Bonchev–Trinajstić information content (AvgIpc) is 4.32. The van der Waals surface area contributed by atoms with Crippen LogP contribution in [-0.4, -0.2) is 136 Å². The van der Waals surface area contributed by atoms with Gasteiger partial charge in [-0.05, 0) is 51.5 Å². The van der Waals surface area contributed by atoms with Crippen LogP contribution in [0.5, 0.6) is 0 Å². The number of rotatable bonds is 21. The largest absolute Gasteiger partial charge is 0.477 e. The number of imidazole rings is 3. The van der Waals surface area contributed by atoms with E-state index in [1.165, 1.54) is 110 Å². The zero-order chi connectivity index (χ0) is 59.9. The second-order valence-electron chi connectivity index (χ2n) is 19.8. The second kappa shape index (κ2) is 24.5. The number of alkyl carbamates (subject to hydrolysis) is 1. The number of carboxylic acid groups (broad SMARTS) is 1. The number of aromatic nitrogens is 10. The van der Waals surface area contributed by atoms with Gasteiger partial charge in [0.1, 0.15) is 34.4 Å². The fraction of sp³-hybridized carbons (Fsp3) is 0.314. The Morgan fingerprint density at radius 2 is 0.963 bits per heavy atom. The summed E-state index contributed by atoms with van der Waals surface area (Å²) in [5.74, 6) is -5.93. The third-order valence-corrected chi connectivity index (χ3v) is 12.0. The molecule has 0 saturated heterocycles. The standard InChI is InChI=1S/C51H61N19O12/c1-51(2,3)82-50(81)59-31(11-13-54-46(76)40-61-36(25-69(40)9)60-38(71)12-14-53-43(73)32-17-28(22-65(32)5)57-47(77)39-52-15-16-64(39)4)42(72)55-27-18-34(67(7)21-27)45(75)63-37-26-70(10)41(62-37)48(78)58-29-19-33(66(6)23-29)44(74)56-30-20-35(49(79)80)68(8)24-30/h15-26,31H,11-14H2,1-10H3,(H,53,73)(H,54,76)(H,55,72)(H,56,74)(H,57,77)(H,58,78)(H,59,81)(H,60,71)(H,63,75)(H,79,80)/t31-/m0/s1. The first-order chi connectivity index (χ1) is 38.6. The Labute approximate surface area is 466 Å². The van der Waals surface area contributed by atoms with Crippen LogP contribution in [0.3, 0.4) is 0 Å². The first kappa shape index (κ1) is 58.9. The van der Waals surface area contributed by atoms with Gasteiger partial charge < -0.3 is 89.7 Å². The molecule has 0 spiro atoms. The number of carbonyl (C=O) groups is 10. The topological polar surface area (TPSA) is 382 Å². The van der Waals surface area contributed by atoms with Crippen molar-refractivity contribution in [2.75, 3.05) is 45.0 Å². The van der Waals surface area contributed by atoms with E-state index in [4.69, 9.17) is 4.74 Å². The fourth-order valence-corrected chi connectivity index (χ4v) is 8.17. The van der Waals surface area contributed by atoms with Gasteiger partial charge in [-0.25, -0.2) is 24.5 Å². The van der Waals surface area contributed by atoms with Crippen LogP contribution < -0.4 is 47.9 Å². The van der Waals surface area contributed by atoms with Crippen molar-refractivity contribution >= 4 is 93.7 Å². The molecule has 9 amide bonds. The number of aromatic carboxylic acids is 1. The number of hydrogen-bond acceptors (Lipinski definition) is 14. The molecule has 10 N–H and O–H groups in total. The summed E-state index contributed by atoms with van der Waals surface area (Å²) >= 11 is 0. The predicted octanol–water partition coefficient (Wildman–Crippen LogP) is 2.36. The van der Waals surface area contributed by atoms with Crippen molar-refractivity contribution in [2.24, 2.45) is 49.3 Å². The van der Waals surface area contributed by atoms with Gasteiger partial charge >= 0.3 is 12.1 Å². The molecule has 31 nitrogen and oxygen atoms in total. The minimum atomic E-state index is -1.29. The van der Waals surface area contributed by atoms with Gasteiger partial charge in [0.25, 0.3) is 35.4 Å². The van der Waals surface area contributed by atoms with Crippen LogP contribution in [0.4, 0.5) is 39.2 Å². The Hall–Kier alpha value is -10.8. The van der Waals surface area contributed by atoms with Crippen molar-refractivity contribution < 1.29 is 57.8 Å². The minimum Gasteiger partial charge on any atom is -0.477 e. The maximum Gasteiger partial charge on any atom is 0.408 e. The number of nitrogens with one attached hydrogen (secondary N) is 9. The molecule has 0 saturated carbocycles. The van der Waals surface area contributed by atoms with E-state index in [0.29, 0.717) is 5.69 Å². The van der Waals surface area contributed by atoms with Gasteiger partial charge in [0.05, 0.1) is 22.7 Å². The number of hydrogen-bond donors (Lipinski definition) is 10. The van der Waals surface area contributed by atoms with Crippen molar-refractivity contribution in [2.45, 2.75) is 45.3 Å². The van der Waals surface area contributed by atoms with E-state index in [0.717, 1.165) is 0 Å². The van der Waals surface area contributed by atoms with E-state index in [2.05, 4.69) is 62.8 Å². The van der Waals surface area contributed by atoms with Crippen molar-refractivity contribution in [3.63, 3.8) is 0 Å². The van der Waals surface area contributed by atoms with Crippen LogP contribution in [0, 0.1) is 0 Å². The van der Waals surface area contributed by atoms with Crippen LogP contribution in [-0.2, 0) is 63.7 Å². The number of ether oxygens (including phenoxy) is 1. The molecule has 0 aliphatic rings. The Balaban J connectivity index is 0.898. The van der Waals surface area contributed by atoms with Crippen LogP contribution in [0.15, 0.2) is 73.8 Å². The molecule has 82 heavy (non-hydrogen) atoms. The third kappa shape index (κ3) is 14.7. The lowest BCUT2D eigenvalue weighted by atomic mass is 10.2. The molecule has 7 aromatic rings. The number of carboxylic acids is 1. The summed E-state index contributed by atoms with van der Waals surface area (Å²) in [4.78, 5) is 142. The van der Waals surface area contributed by atoms with Gasteiger partial charge in [-0.15, -0.1) is 0 Å². The van der Waals surface area contributed by atoms with Crippen molar-refractivity contribution in [1.82, 2.24) is 62.9 Å². The molecule has 0 aliphatic carbocycles. The first-order valence-corrected chi connectivity index (χ1v) is 25.0. The maximum atomic E-state index is 13.8. The molecule has 0 bridgehead atoms. The quantitative estimate of drug-likeness (QED) is 0.0494. The van der Waals surface area contributed by atoms with E-state index in [-0.39, 0.29) is 94.9 Å². The van der Waals surface area contributed by atoms with Crippen LogP contribution >= 0.6 is 0 Å². The van der Waals surface area contributed by atoms with Crippen molar-refractivity contribution in [3.05, 3.63) is 114 Å². The SMILES string of the molecule is Cn1cc(NC(=O)c2cc(NC(=O)c3nc(NC(=O)c4cc(NC(=O)[C@H](CCNC(=O)c5nc(NC(=O)CCNC(=O)c6cc(NC(=O)c7nccn7C)cn6C)cn5C)NC(=O)OC(C)(C)C)cn4C)cn3C)cn2C)cc1C(=O)O. The number of aryl methyl sites for hydroxylation is 7. The molecule has 1 atom stereocenters. The molecule has 31 heteroatoms. The Morgan fingerprint density at radius 3 is 1.48 bits per heavy atom. The number of carbonyl (C=O) groups excluding carboxylic acids is 9. The molecule has 7 rings (SSSR count). The summed E-state index contributed by atoms with van der Waals surface area (Å²) in [7, 11) is 11.0. The Bertz CT molecular complexity index is 3650. The molecular formula is C51H61N19O12. The normalized spacial score (nSPS) is 11.5. The summed E-state index contributed by atoms with van der Waals surface area (Å²) in [5, 5.41) is 33.1. The summed E-state index contributed by atoms with van der Waals surface area (Å²) < 4.78 is 15.4. The van der Waals surface area contributed by atoms with Gasteiger partial charge in [-0.2, -0.15) is 0 Å². The second-order valence-corrected chi connectivity index (χ2v) is 19.8. The highest BCUT2D eigenvalue weighted by Gasteiger charge is 2.27.